The fraction of sp³-hybridized carbons (Fsp3) is 0.0769. The number of halogens is 3. The Morgan fingerprint density at radius 3 is 2.79 bits per heavy atom. The summed E-state index contributed by atoms with van der Waals surface area (Å²) < 4.78 is 4.15. The van der Waals surface area contributed by atoms with Gasteiger partial charge >= 0.3 is 0 Å². The summed E-state index contributed by atoms with van der Waals surface area (Å²) in [6, 6.07) is 7.92. The molecule has 0 aliphatic carbocycles. The summed E-state index contributed by atoms with van der Waals surface area (Å²) in [5.74, 6) is 0. The lowest BCUT2D eigenvalue weighted by atomic mass is 10.3. The van der Waals surface area contributed by atoms with E-state index in [1.165, 1.54) is 0 Å². The molecule has 0 atom stereocenters. The molecule has 2 aromatic heterocycles. The molecule has 0 fully saturated rings. The third-order valence-electron chi connectivity index (χ3n) is 2.58. The van der Waals surface area contributed by atoms with Gasteiger partial charge < -0.3 is 24.0 Å². The summed E-state index contributed by atoms with van der Waals surface area (Å²) in [5.41, 5.74) is 1.96. The molecule has 6 heteroatoms. The number of para-hydroxylation sites is 1. The summed E-state index contributed by atoms with van der Waals surface area (Å²) in [5, 5.41) is 1.68. The van der Waals surface area contributed by atoms with Crippen molar-refractivity contribution in [2.24, 2.45) is 7.05 Å². The number of pyridine rings is 1. The molecular formula is C13H9BrClIN2S. The molecule has 0 unspecified atom stereocenters. The predicted molar refractivity (Wildman–Crippen MR) is 78.9 cm³/mol. The molecule has 2 nitrogen and oxygen atoms in total. The fourth-order valence-corrected chi connectivity index (χ4v) is 3.65. The van der Waals surface area contributed by atoms with Gasteiger partial charge in [-0.05, 0) is 34.1 Å². The van der Waals surface area contributed by atoms with Gasteiger partial charge in [-0.1, -0.05) is 17.7 Å². The lowest BCUT2D eigenvalue weighted by molar-refractivity contribution is -0.671. The predicted octanol–water partition coefficient (Wildman–Crippen LogP) is 1.21. The third-order valence-corrected chi connectivity index (χ3v) is 4.39. The minimum Gasteiger partial charge on any atom is -1.00 e. The van der Waals surface area contributed by atoms with Gasteiger partial charge in [-0.25, -0.2) is 9.55 Å². The molecule has 0 spiro atoms. The maximum atomic E-state index is 6.15. The number of rotatable bonds is 1. The first kappa shape index (κ1) is 15.2. The van der Waals surface area contributed by atoms with Crippen LogP contribution in [0.25, 0.3) is 20.8 Å². The maximum Gasteiger partial charge on any atom is 0.182 e. The summed E-state index contributed by atoms with van der Waals surface area (Å²) in [6.45, 7) is 0. The summed E-state index contributed by atoms with van der Waals surface area (Å²) >= 11 is 11.3. The topological polar surface area (TPSA) is 16.8 Å². The van der Waals surface area contributed by atoms with Crippen LogP contribution >= 0.6 is 38.9 Å². The van der Waals surface area contributed by atoms with Crippen molar-refractivity contribution in [1.82, 2.24) is 4.98 Å². The van der Waals surface area contributed by atoms with Crippen molar-refractivity contribution >= 4 is 49.1 Å². The van der Waals surface area contributed by atoms with E-state index in [1.54, 1.807) is 11.3 Å². The second kappa shape index (κ2) is 6.03. The maximum absolute atomic E-state index is 6.15. The zero-order chi connectivity index (χ0) is 12.7. The largest absolute Gasteiger partial charge is 1.00 e. The van der Waals surface area contributed by atoms with Crippen molar-refractivity contribution in [2.75, 3.05) is 0 Å². The smallest absolute Gasteiger partial charge is 0.182 e. The van der Waals surface area contributed by atoms with Gasteiger partial charge in [0.05, 0.1) is 19.8 Å². The zero-order valence-electron chi connectivity index (χ0n) is 9.90. The highest BCUT2D eigenvalue weighted by Crippen LogP contribution is 2.33. The van der Waals surface area contributed by atoms with Crippen LogP contribution in [0.2, 0.25) is 5.02 Å². The molecule has 0 bridgehead atoms. The van der Waals surface area contributed by atoms with E-state index in [0.717, 1.165) is 25.3 Å². The van der Waals surface area contributed by atoms with Crippen LogP contribution in [0.5, 0.6) is 0 Å². The molecule has 0 aliphatic heterocycles. The SMILES string of the molecule is C[n+]1cc(Br)cc(-c2nc3c(Cl)cccc3s2)c1.[I-]. The van der Waals surface area contributed by atoms with E-state index >= 15 is 0 Å². The summed E-state index contributed by atoms with van der Waals surface area (Å²) in [4.78, 5) is 4.62. The standard InChI is InChI=1S/C13H9BrClN2S.HI/c1-17-6-8(5-9(14)7-17)13-16-12-10(15)3-2-4-11(12)18-13;/h2-7H,1H3;1H/q+1;/p-1. The first-order valence-electron chi connectivity index (χ1n) is 5.35. The van der Waals surface area contributed by atoms with Crippen LogP contribution in [0.15, 0.2) is 41.1 Å². The molecule has 0 radical (unpaired) electrons. The minimum absolute atomic E-state index is 0. The van der Waals surface area contributed by atoms with E-state index in [2.05, 4.69) is 33.2 Å². The molecule has 0 N–H and O–H groups in total. The fourth-order valence-electron chi connectivity index (χ4n) is 1.83. The van der Waals surface area contributed by atoms with E-state index in [9.17, 15) is 0 Å². The van der Waals surface area contributed by atoms with Crippen molar-refractivity contribution < 1.29 is 28.5 Å². The first-order chi connectivity index (χ1) is 8.63. The Bertz CT molecular complexity index is 724. The molecule has 19 heavy (non-hydrogen) atoms. The normalized spacial score (nSPS) is 10.5. The molecule has 0 saturated carbocycles. The van der Waals surface area contributed by atoms with Gasteiger partial charge in [0.2, 0.25) is 0 Å². The second-order valence-electron chi connectivity index (χ2n) is 4.01. The van der Waals surface area contributed by atoms with Crippen LogP contribution in [0, 0.1) is 0 Å². The van der Waals surface area contributed by atoms with Gasteiger partial charge in [0, 0.05) is 0 Å². The Balaban J connectivity index is 0.00000133. The highest BCUT2D eigenvalue weighted by Gasteiger charge is 2.12. The number of hydrogen-bond donors (Lipinski definition) is 0. The second-order valence-corrected chi connectivity index (χ2v) is 6.37. The van der Waals surface area contributed by atoms with E-state index < -0.39 is 0 Å². The molecule has 3 rings (SSSR count). The van der Waals surface area contributed by atoms with Gasteiger partial charge in [0.1, 0.15) is 17.6 Å². The Hall–Kier alpha value is -0.240. The summed E-state index contributed by atoms with van der Waals surface area (Å²) in [7, 11) is 1.99. The molecule has 0 saturated heterocycles. The van der Waals surface area contributed by atoms with E-state index in [1.807, 2.05) is 36.0 Å². The molecular weight excluding hydrogens is 458 g/mol. The number of aryl methyl sites for hydroxylation is 1. The van der Waals surface area contributed by atoms with Crippen molar-refractivity contribution in [3.8, 4) is 10.6 Å². The molecule has 0 aliphatic rings. The zero-order valence-corrected chi connectivity index (χ0v) is 15.2. The highest BCUT2D eigenvalue weighted by atomic mass is 127. The Kier molecular flexibility index (Phi) is 4.81. The molecule has 2 heterocycles. The van der Waals surface area contributed by atoms with Crippen LogP contribution in [-0.4, -0.2) is 4.98 Å². The number of aromatic nitrogens is 2. The number of thiazole rings is 1. The van der Waals surface area contributed by atoms with Crippen LogP contribution in [0.3, 0.4) is 0 Å². The Labute approximate surface area is 145 Å². The molecule has 0 amide bonds. The number of nitrogens with zero attached hydrogens (tertiary/aromatic N) is 2. The minimum atomic E-state index is 0. The Morgan fingerprint density at radius 2 is 2.11 bits per heavy atom. The van der Waals surface area contributed by atoms with Gasteiger partial charge in [0.15, 0.2) is 12.4 Å². The number of fused-ring (bicyclic) bond motifs is 1. The van der Waals surface area contributed by atoms with E-state index in [4.69, 9.17) is 11.6 Å². The quantitative estimate of drug-likeness (QED) is 0.389. The molecule has 1 aromatic carbocycles. The molecule has 98 valence electrons. The lowest BCUT2D eigenvalue weighted by Crippen LogP contribution is -3.00. The van der Waals surface area contributed by atoms with E-state index in [0.29, 0.717) is 5.02 Å². The van der Waals surface area contributed by atoms with Crippen LogP contribution in [0.1, 0.15) is 0 Å². The number of hydrogen-bond acceptors (Lipinski definition) is 2. The van der Waals surface area contributed by atoms with E-state index in [-0.39, 0.29) is 24.0 Å². The average molecular weight is 468 g/mol. The first-order valence-corrected chi connectivity index (χ1v) is 7.33. The van der Waals surface area contributed by atoms with Gasteiger partial charge in [0.25, 0.3) is 0 Å². The monoisotopic (exact) mass is 466 g/mol. The van der Waals surface area contributed by atoms with Gasteiger partial charge in [-0.15, -0.1) is 11.3 Å². The van der Waals surface area contributed by atoms with Crippen LogP contribution < -0.4 is 28.5 Å². The van der Waals surface area contributed by atoms with Crippen molar-refractivity contribution in [1.29, 1.82) is 0 Å². The van der Waals surface area contributed by atoms with Gasteiger partial charge in [-0.3, -0.25) is 0 Å². The highest BCUT2D eigenvalue weighted by molar-refractivity contribution is 9.10. The lowest BCUT2D eigenvalue weighted by Gasteiger charge is -1.95. The number of benzene rings is 1. The summed E-state index contributed by atoms with van der Waals surface area (Å²) in [6.07, 6.45) is 4.06. The van der Waals surface area contributed by atoms with Crippen molar-refractivity contribution in [3.05, 3.63) is 46.2 Å². The van der Waals surface area contributed by atoms with Crippen LogP contribution in [0.4, 0.5) is 0 Å². The molecule has 3 aromatic rings. The third kappa shape index (κ3) is 3.09. The van der Waals surface area contributed by atoms with Gasteiger partial charge in [-0.2, -0.15) is 0 Å². The van der Waals surface area contributed by atoms with Crippen LogP contribution in [-0.2, 0) is 7.05 Å². The Morgan fingerprint density at radius 1 is 1.32 bits per heavy atom. The van der Waals surface area contributed by atoms with Crippen molar-refractivity contribution in [3.63, 3.8) is 0 Å². The average Bonchev–Trinajstić information content (AvgIpc) is 2.73. The van der Waals surface area contributed by atoms with Crippen molar-refractivity contribution in [2.45, 2.75) is 0 Å².